The van der Waals surface area contributed by atoms with Gasteiger partial charge in [0.15, 0.2) is 5.13 Å². The maximum absolute atomic E-state index is 13.4. The van der Waals surface area contributed by atoms with Crippen molar-refractivity contribution >= 4 is 26.5 Å². The first-order valence-electron chi connectivity index (χ1n) is 11.2. The van der Waals surface area contributed by atoms with E-state index in [1.165, 1.54) is 0 Å². The maximum atomic E-state index is 13.4. The molecule has 0 unspecified atom stereocenters. The summed E-state index contributed by atoms with van der Waals surface area (Å²) in [6, 6.07) is 9.69. The molecular formula is C25H31N3O4S2. The fourth-order valence-electron chi connectivity index (χ4n) is 4.52. The molecule has 4 rings (SSSR count). The van der Waals surface area contributed by atoms with Crippen molar-refractivity contribution in [3.63, 3.8) is 0 Å². The summed E-state index contributed by atoms with van der Waals surface area (Å²) < 4.78 is 39.1. The number of methoxy groups -OCH3 is 2. The van der Waals surface area contributed by atoms with Gasteiger partial charge < -0.3 is 14.4 Å². The van der Waals surface area contributed by atoms with Crippen LogP contribution in [0, 0.1) is 20.8 Å². The van der Waals surface area contributed by atoms with E-state index in [1.54, 1.807) is 29.9 Å². The van der Waals surface area contributed by atoms with Crippen LogP contribution >= 0.6 is 11.3 Å². The highest BCUT2D eigenvalue weighted by atomic mass is 32.2. The minimum absolute atomic E-state index is 0.441. The highest BCUT2D eigenvalue weighted by Crippen LogP contribution is 2.29. The van der Waals surface area contributed by atoms with Crippen molar-refractivity contribution in [1.82, 2.24) is 9.29 Å². The molecule has 0 radical (unpaired) electrons. The quantitative estimate of drug-likeness (QED) is 0.484. The summed E-state index contributed by atoms with van der Waals surface area (Å²) in [5.41, 5.74) is 4.71. The Kier molecular flexibility index (Phi) is 7.16. The van der Waals surface area contributed by atoms with Gasteiger partial charge in [-0.2, -0.15) is 4.31 Å². The number of aromatic nitrogens is 1. The van der Waals surface area contributed by atoms with E-state index in [0.717, 1.165) is 44.6 Å². The van der Waals surface area contributed by atoms with E-state index < -0.39 is 10.0 Å². The van der Waals surface area contributed by atoms with Gasteiger partial charge in [0.25, 0.3) is 0 Å². The summed E-state index contributed by atoms with van der Waals surface area (Å²) in [5, 5.41) is 2.98. The van der Waals surface area contributed by atoms with Gasteiger partial charge >= 0.3 is 0 Å². The first kappa shape index (κ1) is 24.5. The van der Waals surface area contributed by atoms with Gasteiger partial charge in [-0.05, 0) is 49.6 Å². The molecule has 0 N–H and O–H groups in total. The van der Waals surface area contributed by atoms with Gasteiger partial charge in [-0.25, -0.2) is 13.4 Å². The molecule has 1 fully saturated rings. The van der Waals surface area contributed by atoms with E-state index in [2.05, 4.69) is 10.3 Å². The third kappa shape index (κ3) is 5.06. The fourth-order valence-corrected chi connectivity index (χ4v) is 7.24. The van der Waals surface area contributed by atoms with Crippen molar-refractivity contribution < 1.29 is 17.9 Å². The molecule has 1 aliphatic rings. The van der Waals surface area contributed by atoms with Crippen molar-refractivity contribution in [2.24, 2.45) is 0 Å². The van der Waals surface area contributed by atoms with Crippen LogP contribution in [-0.4, -0.2) is 58.1 Å². The molecule has 0 amide bonds. The maximum Gasteiger partial charge on any atom is 0.243 e. The lowest BCUT2D eigenvalue weighted by molar-refractivity contribution is 0.384. The highest BCUT2D eigenvalue weighted by Gasteiger charge is 2.31. The molecule has 1 saturated heterocycles. The Labute approximate surface area is 206 Å². The second-order valence-corrected chi connectivity index (χ2v) is 11.3. The molecule has 3 aromatic rings. The number of rotatable bonds is 7. The monoisotopic (exact) mass is 501 g/mol. The number of hydrogen-bond donors (Lipinski definition) is 0. The molecule has 182 valence electrons. The zero-order valence-electron chi connectivity index (χ0n) is 20.3. The molecule has 0 atom stereocenters. The lowest BCUT2D eigenvalue weighted by atomic mass is 10.1. The highest BCUT2D eigenvalue weighted by molar-refractivity contribution is 7.89. The fraction of sp³-hybridized carbons (Fsp3) is 0.400. The smallest absolute Gasteiger partial charge is 0.243 e. The second kappa shape index (κ2) is 9.93. The number of hydrogen-bond acceptors (Lipinski definition) is 7. The van der Waals surface area contributed by atoms with Crippen LogP contribution in [0.4, 0.5) is 5.13 Å². The van der Waals surface area contributed by atoms with Gasteiger partial charge in [-0.15, -0.1) is 11.3 Å². The van der Waals surface area contributed by atoms with Crippen molar-refractivity contribution in [2.75, 3.05) is 45.3 Å². The molecule has 1 aromatic heterocycles. The van der Waals surface area contributed by atoms with Gasteiger partial charge in [0.2, 0.25) is 10.0 Å². The van der Waals surface area contributed by atoms with E-state index in [4.69, 9.17) is 14.5 Å². The van der Waals surface area contributed by atoms with Crippen molar-refractivity contribution in [3.05, 3.63) is 63.7 Å². The summed E-state index contributed by atoms with van der Waals surface area (Å²) in [6.07, 6.45) is 0.671. The van der Waals surface area contributed by atoms with Gasteiger partial charge in [0.1, 0.15) is 11.5 Å². The third-order valence-electron chi connectivity index (χ3n) is 6.05. The zero-order valence-corrected chi connectivity index (χ0v) is 21.9. The van der Waals surface area contributed by atoms with Crippen LogP contribution in [0.15, 0.2) is 40.6 Å². The number of aryl methyl sites for hydroxylation is 3. The summed E-state index contributed by atoms with van der Waals surface area (Å²) in [5.74, 6) is 1.50. The molecule has 1 aliphatic heterocycles. The van der Waals surface area contributed by atoms with E-state index in [-0.39, 0.29) is 0 Å². The Morgan fingerprint density at radius 3 is 2.06 bits per heavy atom. The standard InChI is InChI=1S/C25H31N3O4S2/c1-17-10-18(2)24(19(3)11-17)34(29,30)28-8-6-27(7-9-28)25-26-21(16-33-25)12-20-13-22(31-4)15-23(14-20)32-5/h10-11,13-16H,6-9,12H2,1-5H3. The molecule has 2 aromatic carbocycles. The number of thiazole rings is 1. The molecule has 0 saturated carbocycles. The van der Waals surface area contributed by atoms with Crippen LogP contribution in [0.25, 0.3) is 0 Å². The van der Waals surface area contributed by atoms with Crippen LogP contribution in [0.5, 0.6) is 11.5 Å². The average molecular weight is 502 g/mol. The lowest BCUT2D eigenvalue weighted by Crippen LogP contribution is -2.48. The number of anilines is 1. The molecule has 9 heteroatoms. The third-order valence-corrected chi connectivity index (χ3v) is 9.20. The van der Waals surface area contributed by atoms with E-state index in [9.17, 15) is 8.42 Å². The van der Waals surface area contributed by atoms with E-state index in [0.29, 0.717) is 37.5 Å². The summed E-state index contributed by atoms with van der Waals surface area (Å²) in [6.45, 7) is 7.85. The van der Waals surface area contributed by atoms with Crippen molar-refractivity contribution in [3.8, 4) is 11.5 Å². The number of ether oxygens (including phenoxy) is 2. The zero-order chi connectivity index (χ0) is 24.5. The molecule has 34 heavy (non-hydrogen) atoms. The average Bonchev–Trinajstić information content (AvgIpc) is 3.26. The topological polar surface area (TPSA) is 72.0 Å². The minimum atomic E-state index is -3.53. The van der Waals surface area contributed by atoms with Crippen LogP contribution in [-0.2, 0) is 16.4 Å². The van der Waals surface area contributed by atoms with E-state index in [1.807, 2.05) is 51.1 Å². The van der Waals surface area contributed by atoms with Crippen LogP contribution in [0.2, 0.25) is 0 Å². The van der Waals surface area contributed by atoms with Crippen LogP contribution in [0.3, 0.4) is 0 Å². The molecule has 2 heterocycles. The normalized spacial score (nSPS) is 14.9. The SMILES string of the molecule is COc1cc(Cc2csc(N3CCN(S(=O)(=O)c4c(C)cc(C)cc4C)CC3)n2)cc(OC)c1. The molecule has 0 bridgehead atoms. The summed E-state index contributed by atoms with van der Waals surface area (Å²) >= 11 is 1.59. The van der Waals surface area contributed by atoms with Crippen LogP contribution < -0.4 is 14.4 Å². The molecular weight excluding hydrogens is 470 g/mol. The Bertz CT molecular complexity index is 1230. The predicted molar refractivity (Wildman–Crippen MR) is 136 cm³/mol. The Morgan fingerprint density at radius 2 is 1.50 bits per heavy atom. The van der Waals surface area contributed by atoms with E-state index >= 15 is 0 Å². The predicted octanol–water partition coefficient (Wildman–Crippen LogP) is 4.19. The molecule has 0 spiro atoms. The van der Waals surface area contributed by atoms with Gasteiger partial charge in [-0.3, -0.25) is 0 Å². The molecule has 7 nitrogen and oxygen atoms in total. The minimum Gasteiger partial charge on any atom is -0.497 e. The number of piperazine rings is 1. The van der Waals surface area contributed by atoms with Gasteiger partial charge in [-0.1, -0.05) is 17.7 Å². The Morgan fingerprint density at radius 1 is 0.912 bits per heavy atom. The van der Waals surface area contributed by atoms with Crippen molar-refractivity contribution in [1.29, 1.82) is 0 Å². The number of nitrogens with zero attached hydrogens (tertiary/aromatic N) is 3. The largest absolute Gasteiger partial charge is 0.497 e. The Hall–Kier alpha value is -2.62. The summed E-state index contributed by atoms with van der Waals surface area (Å²) in [4.78, 5) is 7.43. The number of sulfonamides is 1. The number of benzene rings is 2. The van der Waals surface area contributed by atoms with Gasteiger partial charge in [0, 0.05) is 44.0 Å². The second-order valence-electron chi connectivity index (χ2n) is 8.64. The van der Waals surface area contributed by atoms with Gasteiger partial charge in [0.05, 0.1) is 24.8 Å². The lowest BCUT2D eigenvalue weighted by Gasteiger charge is -2.34. The summed E-state index contributed by atoms with van der Waals surface area (Å²) in [7, 11) is -0.249. The first-order chi connectivity index (χ1) is 16.2. The molecule has 0 aliphatic carbocycles. The van der Waals surface area contributed by atoms with Crippen molar-refractivity contribution in [2.45, 2.75) is 32.1 Å². The van der Waals surface area contributed by atoms with Crippen LogP contribution in [0.1, 0.15) is 27.9 Å². The Balaban J connectivity index is 1.44. The first-order valence-corrected chi connectivity index (χ1v) is 13.5.